The Balaban J connectivity index is 1.66. The largest absolute Gasteiger partial charge is 0.495 e. The molecule has 2 N–H and O–H groups in total. The highest BCUT2D eigenvalue weighted by Gasteiger charge is 2.08. The van der Waals surface area contributed by atoms with Crippen LogP contribution in [0.1, 0.15) is 6.42 Å². The minimum absolute atomic E-state index is 0.0566. The first kappa shape index (κ1) is 17.9. The summed E-state index contributed by atoms with van der Waals surface area (Å²) in [6, 6.07) is 16.6. The Bertz CT molecular complexity index is 677. The molecule has 0 heterocycles. The van der Waals surface area contributed by atoms with Crippen molar-refractivity contribution in [2.24, 2.45) is 0 Å². The lowest BCUT2D eigenvalue weighted by molar-refractivity contribution is -0.116. The lowest BCUT2D eigenvalue weighted by Crippen LogP contribution is -2.16. The van der Waals surface area contributed by atoms with E-state index < -0.39 is 0 Å². The third-order valence-corrected chi connectivity index (χ3v) is 4.10. The van der Waals surface area contributed by atoms with Crippen molar-refractivity contribution in [3.8, 4) is 5.75 Å². The summed E-state index contributed by atoms with van der Waals surface area (Å²) in [5.74, 6) is 1.32. The van der Waals surface area contributed by atoms with E-state index in [9.17, 15) is 9.59 Å². The summed E-state index contributed by atoms with van der Waals surface area (Å²) >= 11 is 1.42. The van der Waals surface area contributed by atoms with Crippen molar-refractivity contribution in [1.29, 1.82) is 0 Å². The molecule has 2 aromatic carbocycles. The van der Waals surface area contributed by atoms with E-state index in [-0.39, 0.29) is 17.6 Å². The number of hydrogen-bond donors (Lipinski definition) is 2. The molecule has 0 bridgehead atoms. The standard InChI is InChI=1S/C18H20N2O3S/c1-23-16-10-6-5-9-15(16)20-18(22)13-24-12-11-17(21)19-14-7-3-2-4-8-14/h2-10H,11-13H2,1H3,(H,19,21)(H,20,22). The molecule has 0 radical (unpaired) electrons. The van der Waals surface area contributed by atoms with Gasteiger partial charge in [0.1, 0.15) is 5.75 Å². The molecule has 0 fully saturated rings. The highest BCUT2D eigenvalue weighted by Crippen LogP contribution is 2.23. The zero-order chi connectivity index (χ0) is 17.2. The van der Waals surface area contributed by atoms with E-state index in [4.69, 9.17) is 4.74 Å². The third-order valence-electron chi connectivity index (χ3n) is 3.15. The normalized spacial score (nSPS) is 10.0. The van der Waals surface area contributed by atoms with E-state index in [0.717, 1.165) is 5.69 Å². The summed E-state index contributed by atoms with van der Waals surface area (Å²) in [4.78, 5) is 23.7. The van der Waals surface area contributed by atoms with E-state index in [1.54, 1.807) is 19.2 Å². The van der Waals surface area contributed by atoms with Crippen LogP contribution >= 0.6 is 11.8 Å². The highest BCUT2D eigenvalue weighted by molar-refractivity contribution is 7.99. The number of anilines is 2. The number of methoxy groups -OCH3 is 1. The summed E-state index contributed by atoms with van der Waals surface area (Å²) in [7, 11) is 1.56. The topological polar surface area (TPSA) is 67.4 Å². The molecular weight excluding hydrogens is 324 g/mol. The fraction of sp³-hybridized carbons (Fsp3) is 0.222. The second kappa shape index (κ2) is 9.62. The molecular formula is C18H20N2O3S. The zero-order valence-corrected chi connectivity index (χ0v) is 14.3. The molecule has 126 valence electrons. The Morgan fingerprint density at radius 2 is 1.67 bits per heavy atom. The van der Waals surface area contributed by atoms with Gasteiger partial charge in [-0.15, -0.1) is 0 Å². The molecule has 6 heteroatoms. The van der Waals surface area contributed by atoms with Gasteiger partial charge in [0.05, 0.1) is 18.6 Å². The fourth-order valence-electron chi connectivity index (χ4n) is 2.01. The van der Waals surface area contributed by atoms with Crippen molar-refractivity contribution >= 4 is 35.0 Å². The van der Waals surface area contributed by atoms with Crippen molar-refractivity contribution in [3.63, 3.8) is 0 Å². The predicted octanol–water partition coefficient (Wildman–Crippen LogP) is 3.40. The van der Waals surface area contributed by atoms with Crippen LogP contribution in [-0.2, 0) is 9.59 Å². The minimum Gasteiger partial charge on any atom is -0.495 e. The van der Waals surface area contributed by atoms with Gasteiger partial charge < -0.3 is 15.4 Å². The maximum atomic E-state index is 11.9. The summed E-state index contributed by atoms with van der Waals surface area (Å²) in [6.45, 7) is 0. The summed E-state index contributed by atoms with van der Waals surface area (Å²) in [5, 5.41) is 5.62. The first-order valence-corrected chi connectivity index (χ1v) is 8.70. The molecule has 2 rings (SSSR count). The molecule has 5 nitrogen and oxygen atoms in total. The molecule has 0 aromatic heterocycles. The van der Waals surface area contributed by atoms with Crippen molar-refractivity contribution in [3.05, 3.63) is 54.6 Å². The van der Waals surface area contributed by atoms with Gasteiger partial charge in [-0.2, -0.15) is 11.8 Å². The van der Waals surface area contributed by atoms with Gasteiger partial charge in [-0.3, -0.25) is 9.59 Å². The number of amides is 2. The van der Waals surface area contributed by atoms with Crippen LogP contribution in [0.3, 0.4) is 0 Å². The second-order valence-corrected chi connectivity index (χ2v) is 6.07. The number of benzene rings is 2. The number of hydrogen-bond acceptors (Lipinski definition) is 4. The number of thioether (sulfide) groups is 1. The molecule has 0 aliphatic heterocycles. The van der Waals surface area contributed by atoms with Crippen LogP contribution in [0.4, 0.5) is 11.4 Å². The Kier molecular flexibility index (Phi) is 7.17. The first-order valence-electron chi connectivity index (χ1n) is 7.54. The summed E-state index contributed by atoms with van der Waals surface area (Å²) < 4.78 is 5.19. The Morgan fingerprint density at radius 1 is 0.958 bits per heavy atom. The van der Waals surface area contributed by atoms with Crippen molar-refractivity contribution in [2.75, 3.05) is 29.2 Å². The SMILES string of the molecule is COc1ccccc1NC(=O)CSCCC(=O)Nc1ccccc1. The minimum atomic E-state index is -0.118. The van der Waals surface area contributed by atoms with Crippen LogP contribution in [0.25, 0.3) is 0 Å². The van der Waals surface area contributed by atoms with Crippen molar-refractivity contribution in [1.82, 2.24) is 0 Å². The molecule has 0 unspecified atom stereocenters. The molecule has 24 heavy (non-hydrogen) atoms. The average Bonchev–Trinajstić information content (AvgIpc) is 2.60. The highest BCUT2D eigenvalue weighted by atomic mass is 32.2. The number of carbonyl (C=O) groups excluding carboxylic acids is 2. The molecule has 0 atom stereocenters. The van der Waals surface area contributed by atoms with E-state index in [0.29, 0.717) is 23.6 Å². The van der Waals surface area contributed by atoms with E-state index in [1.807, 2.05) is 42.5 Å². The van der Waals surface area contributed by atoms with Gasteiger partial charge >= 0.3 is 0 Å². The fourth-order valence-corrected chi connectivity index (χ4v) is 2.74. The van der Waals surface area contributed by atoms with Gasteiger partial charge in [-0.05, 0) is 24.3 Å². The Hall–Kier alpha value is -2.47. The van der Waals surface area contributed by atoms with Crippen molar-refractivity contribution in [2.45, 2.75) is 6.42 Å². The van der Waals surface area contributed by atoms with Gasteiger partial charge in [-0.1, -0.05) is 30.3 Å². The van der Waals surface area contributed by atoms with Crippen LogP contribution < -0.4 is 15.4 Å². The molecule has 0 aliphatic carbocycles. The Morgan fingerprint density at radius 3 is 2.42 bits per heavy atom. The summed E-state index contributed by atoms with van der Waals surface area (Å²) in [5.41, 5.74) is 1.42. The van der Waals surface area contributed by atoms with Crippen LogP contribution in [0.5, 0.6) is 5.75 Å². The maximum Gasteiger partial charge on any atom is 0.234 e. The quantitative estimate of drug-likeness (QED) is 0.720. The molecule has 0 spiro atoms. The van der Waals surface area contributed by atoms with E-state index in [1.165, 1.54) is 11.8 Å². The second-order valence-electron chi connectivity index (χ2n) is 4.97. The molecule has 0 aliphatic rings. The smallest absolute Gasteiger partial charge is 0.234 e. The van der Waals surface area contributed by atoms with Gasteiger partial charge in [0.25, 0.3) is 0 Å². The summed E-state index contributed by atoms with van der Waals surface area (Å²) in [6.07, 6.45) is 0.363. The van der Waals surface area contributed by atoms with Crippen LogP contribution in [0.2, 0.25) is 0 Å². The van der Waals surface area contributed by atoms with Crippen LogP contribution in [-0.4, -0.2) is 30.4 Å². The van der Waals surface area contributed by atoms with Crippen molar-refractivity contribution < 1.29 is 14.3 Å². The van der Waals surface area contributed by atoms with Crippen LogP contribution in [0.15, 0.2) is 54.6 Å². The third kappa shape index (κ3) is 5.96. The first-order chi connectivity index (χ1) is 11.7. The number of rotatable bonds is 8. The molecule has 0 saturated carbocycles. The van der Waals surface area contributed by atoms with E-state index in [2.05, 4.69) is 10.6 Å². The van der Waals surface area contributed by atoms with E-state index >= 15 is 0 Å². The molecule has 0 saturated heterocycles. The number of nitrogens with one attached hydrogen (secondary N) is 2. The van der Waals surface area contributed by atoms with Gasteiger partial charge in [-0.25, -0.2) is 0 Å². The lowest BCUT2D eigenvalue weighted by Gasteiger charge is -2.09. The molecule has 2 amide bonds. The molecule has 2 aromatic rings. The van der Waals surface area contributed by atoms with Gasteiger partial charge in [0.15, 0.2) is 0 Å². The lowest BCUT2D eigenvalue weighted by atomic mass is 10.3. The number of para-hydroxylation sites is 3. The number of carbonyl (C=O) groups is 2. The van der Waals surface area contributed by atoms with Gasteiger partial charge in [0.2, 0.25) is 11.8 Å². The number of ether oxygens (including phenoxy) is 1. The average molecular weight is 344 g/mol. The zero-order valence-electron chi connectivity index (χ0n) is 13.5. The van der Waals surface area contributed by atoms with Gasteiger partial charge in [0, 0.05) is 17.9 Å². The monoisotopic (exact) mass is 344 g/mol. The maximum absolute atomic E-state index is 11.9. The van der Waals surface area contributed by atoms with Crippen LogP contribution in [0, 0.1) is 0 Å². The predicted molar refractivity (Wildman–Crippen MR) is 98.6 cm³/mol. The Labute approximate surface area is 145 Å².